The van der Waals surface area contributed by atoms with E-state index in [2.05, 4.69) is 5.32 Å². The number of halogens is 3. The number of aromatic hydroxyl groups is 1. The zero-order chi connectivity index (χ0) is 13.1. The van der Waals surface area contributed by atoms with Gasteiger partial charge in [-0.15, -0.1) is 0 Å². The smallest absolute Gasteiger partial charge is 0.139 e. The van der Waals surface area contributed by atoms with E-state index in [1.807, 2.05) is 12.1 Å². The summed E-state index contributed by atoms with van der Waals surface area (Å²) in [6.45, 7) is 0.409. The van der Waals surface area contributed by atoms with Crippen LogP contribution in [-0.4, -0.2) is 5.11 Å². The molecule has 0 unspecified atom stereocenters. The summed E-state index contributed by atoms with van der Waals surface area (Å²) in [5, 5.41) is 14.3. The Morgan fingerprint density at radius 2 is 1.78 bits per heavy atom. The summed E-state index contributed by atoms with van der Waals surface area (Å²) >= 11 is 17.6. The molecule has 5 heteroatoms. The summed E-state index contributed by atoms with van der Waals surface area (Å²) in [6, 6.07) is 10.5. The quantitative estimate of drug-likeness (QED) is 0.839. The predicted octanol–water partition coefficient (Wildman–Crippen LogP) is 4.96. The molecule has 0 saturated heterocycles. The topological polar surface area (TPSA) is 32.3 Å². The lowest BCUT2D eigenvalue weighted by atomic mass is 10.2. The Hall–Kier alpha value is -1.09. The number of anilines is 1. The monoisotopic (exact) mass is 301 g/mol. The molecule has 0 fully saturated rings. The largest absolute Gasteiger partial charge is 0.506 e. The van der Waals surface area contributed by atoms with E-state index in [9.17, 15) is 5.11 Å². The lowest BCUT2D eigenvalue weighted by Gasteiger charge is -2.10. The third kappa shape index (κ3) is 3.22. The van der Waals surface area contributed by atoms with Crippen molar-refractivity contribution in [3.05, 3.63) is 57.0 Å². The Morgan fingerprint density at radius 1 is 1.00 bits per heavy atom. The average molecular weight is 303 g/mol. The Labute approximate surface area is 120 Å². The number of hydrogen-bond donors (Lipinski definition) is 2. The highest BCUT2D eigenvalue weighted by molar-refractivity contribution is 6.35. The van der Waals surface area contributed by atoms with Gasteiger partial charge in [0.05, 0.1) is 5.02 Å². The molecule has 2 nitrogen and oxygen atoms in total. The van der Waals surface area contributed by atoms with Gasteiger partial charge in [-0.1, -0.05) is 40.9 Å². The second-order valence-electron chi connectivity index (χ2n) is 3.76. The fourth-order valence-electron chi connectivity index (χ4n) is 1.55. The number of rotatable bonds is 3. The van der Waals surface area contributed by atoms with Crippen LogP contribution in [0, 0.1) is 0 Å². The zero-order valence-corrected chi connectivity index (χ0v) is 11.5. The van der Waals surface area contributed by atoms with Crippen molar-refractivity contribution in [2.75, 3.05) is 5.32 Å². The van der Waals surface area contributed by atoms with Crippen molar-refractivity contribution in [2.45, 2.75) is 6.54 Å². The molecule has 0 radical (unpaired) electrons. The van der Waals surface area contributed by atoms with Crippen LogP contribution in [0.25, 0.3) is 0 Å². The summed E-state index contributed by atoms with van der Waals surface area (Å²) in [4.78, 5) is 0. The lowest BCUT2D eigenvalue weighted by Crippen LogP contribution is -1.99. The number of phenols is 1. The SMILES string of the molecule is Oc1c(Cl)cc(Cl)cc1CNc1cccc(Cl)c1. The third-order valence-electron chi connectivity index (χ3n) is 2.41. The molecule has 0 heterocycles. The van der Waals surface area contributed by atoms with E-state index in [0.29, 0.717) is 22.2 Å². The highest BCUT2D eigenvalue weighted by atomic mass is 35.5. The minimum Gasteiger partial charge on any atom is -0.506 e. The van der Waals surface area contributed by atoms with Gasteiger partial charge in [0, 0.05) is 27.8 Å². The van der Waals surface area contributed by atoms with E-state index in [0.717, 1.165) is 5.69 Å². The Kier molecular flexibility index (Phi) is 4.23. The molecule has 0 aliphatic heterocycles. The number of hydrogen-bond acceptors (Lipinski definition) is 2. The van der Waals surface area contributed by atoms with Gasteiger partial charge in [0.1, 0.15) is 5.75 Å². The van der Waals surface area contributed by atoms with E-state index in [4.69, 9.17) is 34.8 Å². The number of nitrogens with one attached hydrogen (secondary N) is 1. The maximum absolute atomic E-state index is 9.80. The van der Waals surface area contributed by atoms with E-state index >= 15 is 0 Å². The highest BCUT2D eigenvalue weighted by Crippen LogP contribution is 2.31. The second kappa shape index (κ2) is 5.70. The third-order valence-corrected chi connectivity index (χ3v) is 3.16. The Balaban J connectivity index is 2.15. The van der Waals surface area contributed by atoms with E-state index in [-0.39, 0.29) is 10.8 Å². The van der Waals surface area contributed by atoms with Crippen LogP contribution in [0.4, 0.5) is 5.69 Å². The summed E-state index contributed by atoms with van der Waals surface area (Å²) in [7, 11) is 0. The molecular formula is C13H10Cl3NO. The van der Waals surface area contributed by atoms with Gasteiger partial charge in [-0.3, -0.25) is 0 Å². The molecule has 0 amide bonds. The Bertz CT molecular complexity index is 572. The minimum absolute atomic E-state index is 0.0376. The van der Waals surface area contributed by atoms with Crippen molar-refractivity contribution < 1.29 is 5.11 Å². The van der Waals surface area contributed by atoms with Crippen molar-refractivity contribution in [3.8, 4) is 5.75 Å². The number of phenolic OH excluding ortho intramolecular Hbond substituents is 1. The van der Waals surface area contributed by atoms with Gasteiger partial charge in [-0.05, 0) is 30.3 Å². The molecule has 2 aromatic carbocycles. The summed E-state index contributed by atoms with van der Waals surface area (Å²) in [5.41, 5.74) is 1.49. The maximum Gasteiger partial charge on any atom is 0.139 e. The van der Waals surface area contributed by atoms with Crippen LogP contribution in [0.1, 0.15) is 5.56 Å². The lowest BCUT2D eigenvalue weighted by molar-refractivity contribution is 0.469. The predicted molar refractivity (Wildman–Crippen MR) is 76.9 cm³/mol. The average Bonchev–Trinajstić information content (AvgIpc) is 2.32. The zero-order valence-electron chi connectivity index (χ0n) is 9.25. The van der Waals surface area contributed by atoms with Crippen molar-refractivity contribution >= 4 is 40.5 Å². The molecular weight excluding hydrogens is 293 g/mol. The van der Waals surface area contributed by atoms with Gasteiger partial charge >= 0.3 is 0 Å². The van der Waals surface area contributed by atoms with Crippen molar-refractivity contribution in [2.24, 2.45) is 0 Å². The van der Waals surface area contributed by atoms with Crippen LogP contribution in [0.2, 0.25) is 15.1 Å². The molecule has 0 aliphatic rings. The second-order valence-corrected chi connectivity index (χ2v) is 5.04. The molecule has 2 rings (SSSR count). The van der Waals surface area contributed by atoms with Gasteiger partial charge in [0.2, 0.25) is 0 Å². The first-order valence-corrected chi connectivity index (χ1v) is 6.36. The van der Waals surface area contributed by atoms with E-state index in [1.165, 1.54) is 6.07 Å². The first kappa shape index (κ1) is 13.3. The summed E-state index contributed by atoms with van der Waals surface area (Å²) < 4.78 is 0. The molecule has 94 valence electrons. The van der Waals surface area contributed by atoms with Gasteiger partial charge in [0.25, 0.3) is 0 Å². The molecule has 0 aliphatic carbocycles. The van der Waals surface area contributed by atoms with Crippen LogP contribution >= 0.6 is 34.8 Å². The molecule has 0 bridgehead atoms. The van der Waals surface area contributed by atoms with Gasteiger partial charge < -0.3 is 10.4 Å². The van der Waals surface area contributed by atoms with Crippen molar-refractivity contribution in [1.29, 1.82) is 0 Å². The first-order chi connectivity index (χ1) is 8.56. The highest BCUT2D eigenvalue weighted by Gasteiger charge is 2.07. The van der Waals surface area contributed by atoms with Gasteiger partial charge in [-0.2, -0.15) is 0 Å². The molecule has 0 atom stereocenters. The fraction of sp³-hybridized carbons (Fsp3) is 0.0769. The summed E-state index contributed by atoms with van der Waals surface area (Å²) in [5.74, 6) is 0.0376. The van der Waals surface area contributed by atoms with Crippen LogP contribution < -0.4 is 5.32 Å². The van der Waals surface area contributed by atoms with Crippen LogP contribution in [-0.2, 0) is 6.54 Å². The van der Waals surface area contributed by atoms with E-state index in [1.54, 1.807) is 18.2 Å². The van der Waals surface area contributed by atoms with Crippen LogP contribution in [0.3, 0.4) is 0 Å². The molecule has 18 heavy (non-hydrogen) atoms. The van der Waals surface area contributed by atoms with Gasteiger partial charge in [0.15, 0.2) is 0 Å². The molecule has 2 aromatic rings. The van der Waals surface area contributed by atoms with Crippen molar-refractivity contribution in [1.82, 2.24) is 0 Å². The number of benzene rings is 2. The molecule has 0 saturated carbocycles. The van der Waals surface area contributed by atoms with Gasteiger partial charge in [-0.25, -0.2) is 0 Å². The van der Waals surface area contributed by atoms with Crippen LogP contribution in [0.5, 0.6) is 5.75 Å². The Morgan fingerprint density at radius 3 is 2.50 bits per heavy atom. The normalized spacial score (nSPS) is 10.4. The molecule has 0 aromatic heterocycles. The first-order valence-electron chi connectivity index (χ1n) is 5.22. The van der Waals surface area contributed by atoms with Crippen LogP contribution in [0.15, 0.2) is 36.4 Å². The van der Waals surface area contributed by atoms with E-state index < -0.39 is 0 Å². The fourth-order valence-corrected chi connectivity index (χ4v) is 2.28. The minimum atomic E-state index is 0.0376. The molecule has 0 spiro atoms. The maximum atomic E-state index is 9.80. The summed E-state index contributed by atoms with van der Waals surface area (Å²) in [6.07, 6.45) is 0. The van der Waals surface area contributed by atoms with Crippen molar-refractivity contribution in [3.63, 3.8) is 0 Å². The standard InChI is InChI=1S/C13H10Cl3NO/c14-9-2-1-3-11(5-9)17-7-8-4-10(15)6-12(16)13(8)18/h1-6,17-18H,7H2. The molecule has 2 N–H and O–H groups in total.